The molecule has 1 aliphatic carbocycles. The molecule has 0 fully saturated rings. The van der Waals surface area contributed by atoms with Crippen molar-refractivity contribution in [3.05, 3.63) is 24.3 Å². The third kappa shape index (κ3) is 6.63. The predicted octanol–water partition coefficient (Wildman–Crippen LogP) is -3.19. The maximum absolute atomic E-state index is 3.92. The van der Waals surface area contributed by atoms with Gasteiger partial charge in [-0.25, -0.2) is 0 Å². The van der Waals surface area contributed by atoms with E-state index in [0.29, 0.717) is 5.54 Å². The first-order valence-corrected chi connectivity index (χ1v) is 12.7. The van der Waals surface area contributed by atoms with Gasteiger partial charge in [0.15, 0.2) is 0 Å². The predicted molar refractivity (Wildman–Crippen MR) is 63.8 cm³/mol. The summed E-state index contributed by atoms with van der Waals surface area (Å²) < 4.78 is 4.72. The van der Waals surface area contributed by atoms with Crippen LogP contribution < -0.4 is 28.6 Å². The monoisotopic (exact) mass is 314 g/mol. The number of hydrogen-bond donors (Lipinski definition) is 1. The summed E-state index contributed by atoms with van der Waals surface area (Å²) in [5.74, 6) is 0. The number of hydrogen-bond acceptors (Lipinski definition) is 1. The molecule has 1 N–H and O–H groups in total. The Kier molecular flexibility index (Phi) is 9.80. The van der Waals surface area contributed by atoms with Gasteiger partial charge in [-0.05, 0) is 0 Å². The minimum atomic E-state index is -1.06. The molecule has 0 unspecified atom stereocenters. The largest absolute Gasteiger partial charge is 1.00 e. The smallest absolute Gasteiger partial charge is 1.00 e. The molecule has 5 heteroatoms. The van der Waals surface area contributed by atoms with E-state index >= 15 is 0 Å². The Hall–Kier alpha value is 0.951. The zero-order chi connectivity index (χ0) is 10.8. The van der Waals surface area contributed by atoms with Crippen molar-refractivity contribution in [1.29, 1.82) is 0 Å². The van der Waals surface area contributed by atoms with E-state index in [2.05, 4.69) is 62.0 Å². The van der Waals surface area contributed by atoms with Gasteiger partial charge >= 0.3 is 95.8 Å². The van der Waals surface area contributed by atoms with Crippen molar-refractivity contribution in [2.24, 2.45) is 0 Å². The molecule has 0 aromatic heterocycles. The molecule has 0 radical (unpaired) electrons. The van der Waals surface area contributed by atoms with Gasteiger partial charge in [0.05, 0.1) is 0 Å². The normalized spacial score (nSPS) is 14.9. The van der Waals surface area contributed by atoms with Gasteiger partial charge in [-0.2, -0.15) is 0 Å². The number of nitrogens with one attached hydrogen (secondary N) is 1. The van der Waals surface area contributed by atoms with Crippen molar-refractivity contribution in [2.45, 2.75) is 43.6 Å². The van der Waals surface area contributed by atoms with E-state index in [1.165, 1.54) is 0 Å². The summed E-state index contributed by atoms with van der Waals surface area (Å²) in [6.45, 7) is 11.4. The molecule has 16 heavy (non-hydrogen) atoms. The van der Waals surface area contributed by atoms with E-state index in [-0.39, 0.29) is 24.8 Å². The molecule has 93 valence electrons. The summed E-state index contributed by atoms with van der Waals surface area (Å²) in [6, 6.07) is 0. The van der Waals surface area contributed by atoms with Gasteiger partial charge in [0.1, 0.15) is 0 Å². The van der Waals surface area contributed by atoms with Crippen LogP contribution in [0.3, 0.4) is 0 Å². The zero-order valence-corrected chi connectivity index (χ0v) is 14.9. The van der Waals surface area contributed by atoms with Crippen LogP contribution in [0.5, 0.6) is 0 Å². The minimum Gasteiger partial charge on any atom is -1.00 e. The second-order valence-corrected chi connectivity index (χ2v) is 18.4. The molecule has 0 spiro atoms. The summed E-state index contributed by atoms with van der Waals surface area (Å²) in [5, 5.41) is 0. The number of allylic oxidation sites excluding steroid dienone is 4. The van der Waals surface area contributed by atoms with E-state index in [1.807, 2.05) is 0 Å². The Labute approximate surface area is 120 Å². The second-order valence-electron chi connectivity index (χ2n) is 5.28. The van der Waals surface area contributed by atoms with E-state index in [0.717, 1.165) is 4.22 Å². The van der Waals surface area contributed by atoms with Crippen molar-refractivity contribution in [3.63, 3.8) is 0 Å². The standard InChI is InChI=1S/C5H5.C4H10N.C2H7Si.2ClH.Ti/c1-2-4-5-3-1;1-4(2,3)5;1-3-2;;;/h1-5H;5H,1-3H3;3H,1-2H3;2*1H;/q;-1;;;;+3/p-2. The van der Waals surface area contributed by atoms with E-state index in [4.69, 9.17) is 0 Å². The molecule has 1 aliphatic rings. The van der Waals surface area contributed by atoms with Crippen LogP contribution in [-0.2, 0) is 17.4 Å². The third-order valence-corrected chi connectivity index (χ3v) is 14.8. The Morgan fingerprint density at radius 3 is 1.81 bits per heavy atom. The molecule has 0 heterocycles. The van der Waals surface area contributed by atoms with Gasteiger partial charge < -0.3 is 24.8 Å². The van der Waals surface area contributed by atoms with Gasteiger partial charge in [-0.1, -0.05) is 0 Å². The van der Waals surface area contributed by atoms with Gasteiger partial charge in [0.2, 0.25) is 0 Å². The molecule has 0 aromatic rings. The number of halogens is 2. The van der Waals surface area contributed by atoms with Crippen molar-refractivity contribution in [1.82, 2.24) is 3.80 Å². The van der Waals surface area contributed by atoms with E-state index in [1.54, 1.807) is 0 Å². The van der Waals surface area contributed by atoms with Crippen LogP contribution >= 0.6 is 0 Å². The summed E-state index contributed by atoms with van der Waals surface area (Å²) in [4.78, 5) is 0. The minimum absolute atomic E-state index is 0. The van der Waals surface area contributed by atoms with Crippen molar-refractivity contribution in [3.8, 4) is 0 Å². The first-order chi connectivity index (χ1) is 6.40. The van der Waals surface area contributed by atoms with Crippen molar-refractivity contribution < 1.29 is 42.2 Å². The third-order valence-electron chi connectivity index (χ3n) is 2.25. The fraction of sp³-hybridized carbons (Fsp3) is 0.636. The zero-order valence-electron chi connectivity index (χ0n) is 10.7. The Morgan fingerprint density at radius 2 is 1.50 bits per heavy atom. The molecule has 0 atom stereocenters. The summed E-state index contributed by atoms with van der Waals surface area (Å²) in [7, 11) is 0. The molecule has 0 bridgehead atoms. The van der Waals surface area contributed by atoms with Crippen LogP contribution in [-0.4, -0.2) is 12.2 Å². The molecule has 0 saturated heterocycles. The average molecular weight is 315 g/mol. The maximum atomic E-state index is 3.92. The topological polar surface area (TPSA) is 12.0 Å². The van der Waals surface area contributed by atoms with Crippen molar-refractivity contribution >= 4 is 6.66 Å². The second kappa shape index (κ2) is 8.12. The molecule has 0 aliphatic heterocycles. The molecule has 0 aromatic carbocycles. The first kappa shape index (κ1) is 19.3. The molecular formula is C11H22Cl2NSiTi. The van der Waals surface area contributed by atoms with Gasteiger partial charge in [0.25, 0.3) is 0 Å². The fourth-order valence-corrected chi connectivity index (χ4v) is 13.0. The first-order valence-electron chi connectivity index (χ1n) is 5.40. The SMILES string of the molecule is C[SiH](C)[Ti+2]([NH]C(C)(C)C)[CH]1C=CC=C1.[Cl-].[Cl-]. The Morgan fingerprint density at radius 1 is 1.06 bits per heavy atom. The quantitative estimate of drug-likeness (QED) is 0.542. The van der Waals surface area contributed by atoms with Gasteiger partial charge in [-0.15, -0.1) is 0 Å². The summed E-state index contributed by atoms with van der Waals surface area (Å²) >= 11 is -1.06. The van der Waals surface area contributed by atoms with Crippen LogP contribution in [0.15, 0.2) is 24.3 Å². The van der Waals surface area contributed by atoms with Crippen LogP contribution in [0.25, 0.3) is 0 Å². The number of rotatable bonds is 3. The molecule has 1 nitrogen and oxygen atoms in total. The van der Waals surface area contributed by atoms with Gasteiger partial charge in [-0.3, -0.25) is 0 Å². The van der Waals surface area contributed by atoms with Crippen LogP contribution in [0.2, 0.25) is 17.3 Å². The Bertz CT molecular complexity index is 237. The van der Waals surface area contributed by atoms with Crippen LogP contribution in [0, 0.1) is 0 Å². The Balaban J connectivity index is 0. The molecule has 0 amide bonds. The van der Waals surface area contributed by atoms with Gasteiger partial charge in [0, 0.05) is 0 Å². The summed E-state index contributed by atoms with van der Waals surface area (Å²) in [5.41, 5.74) is 0.302. The molecule has 0 saturated carbocycles. The van der Waals surface area contributed by atoms with Crippen molar-refractivity contribution in [2.75, 3.05) is 0 Å². The maximum Gasteiger partial charge on any atom is -1.00 e. The van der Waals surface area contributed by atoms with Crippen LogP contribution in [0.1, 0.15) is 20.8 Å². The molecule has 1 rings (SSSR count). The molecular weight excluding hydrogens is 293 g/mol. The van der Waals surface area contributed by atoms with Crippen LogP contribution in [0.4, 0.5) is 0 Å². The van der Waals surface area contributed by atoms with E-state index in [9.17, 15) is 0 Å². The van der Waals surface area contributed by atoms with E-state index < -0.39 is 24.0 Å². The fourth-order valence-electron chi connectivity index (χ4n) is 1.68. The average Bonchev–Trinajstić information content (AvgIpc) is 2.49. The summed E-state index contributed by atoms with van der Waals surface area (Å²) in [6.07, 6.45) is 9.19.